The third-order valence-corrected chi connectivity index (χ3v) is 1.19. The lowest BCUT2D eigenvalue weighted by molar-refractivity contribution is -0.00925. The Kier molecular flexibility index (Phi) is 5.88. The smallest absolute Gasteiger partial charge is 0.218 e. The number of rotatable bonds is 1. The highest BCUT2D eigenvalue weighted by molar-refractivity contribution is 6.32. The summed E-state index contributed by atoms with van der Waals surface area (Å²) in [4.78, 5) is 0. The summed E-state index contributed by atoms with van der Waals surface area (Å²) in [5.41, 5.74) is 0. The lowest BCUT2D eigenvalue weighted by Gasteiger charge is -2.16. The van der Waals surface area contributed by atoms with Crippen molar-refractivity contribution in [2.24, 2.45) is 0 Å². The fraction of sp³-hybridized carbons (Fsp3) is 0.600. The molecule has 0 aromatic carbocycles. The maximum absolute atomic E-state index is 11.8. The molecule has 0 aliphatic rings. The van der Waals surface area contributed by atoms with Crippen LogP contribution in [-0.2, 0) is 0 Å². The van der Waals surface area contributed by atoms with Gasteiger partial charge in [-0.05, 0) is 25.1 Å². The first-order chi connectivity index (χ1) is 4.98. The van der Waals surface area contributed by atoms with Gasteiger partial charge in [0.15, 0.2) is 0 Å². The van der Waals surface area contributed by atoms with Crippen molar-refractivity contribution in [1.29, 1.82) is 0 Å². The molecule has 0 nitrogen and oxygen atoms in total. The first-order valence-corrected chi connectivity index (χ1v) is 3.18. The second kappa shape index (κ2) is 4.87. The first kappa shape index (κ1) is 14.5. The number of halogens is 7. The van der Waals surface area contributed by atoms with E-state index in [1.54, 1.807) is 0 Å². The fourth-order valence-electron chi connectivity index (χ4n) is 0. The summed E-state index contributed by atoms with van der Waals surface area (Å²) in [6.07, 6.45) is -1.83. The average molecular weight is 231 g/mol. The van der Waals surface area contributed by atoms with Gasteiger partial charge in [0.05, 0.1) is 0 Å². The Bertz CT molecular complexity index is 129. The normalized spacial score (nSPS) is 15.7. The van der Waals surface area contributed by atoms with Crippen LogP contribution in [0.5, 0.6) is 0 Å². The van der Waals surface area contributed by atoms with E-state index >= 15 is 0 Å². The first-order valence-electron chi connectivity index (χ1n) is 2.43. The Morgan fingerprint density at radius 3 is 1.25 bits per heavy atom. The van der Waals surface area contributed by atoms with Crippen LogP contribution in [-0.4, -0.2) is 10.5 Å². The standard InChI is InChI=1S/C3H3Cl2F3.C2H2F2/c1-2(4,6)3(5,7)8;1-2(3)4/h1H3;1H2. The van der Waals surface area contributed by atoms with Crippen LogP contribution in [0.3, 0.4) is 0 Å². The molecule has 0 saturated heterocycles. The highest BCUT2D eigenvalue weighted by Gasteiger charge is 2.48. The van der Waals surface area contributed by atoms with Crippen LogP contribution in [0.4, 0.5) is 22.0 Å². The molecule has 1 atom stereocenters. The van der Waals surface area contributed by atoms with E-state index in [-0.39, 0.29) is 0 Å². The van der Waals surface area contributed by atoms with Crippen LogP contribution in [0.15, 0.2) is 12.7 Å². The van der Waals surface area contributed by atoms with E-state index in [9.17, 15) is 22.0 Å². The third kappa shape index (κ3) is 9.97. The van der Waals surface area contributed by atoms with Crippen molar-refractivity contribution in [1.82, 2.24) is 0 Å². The highest BCUT2D eigenvalue weighted by atomic mass is 35.5. The van der Waals surface area contributed by atoms with Crippen LogP contribution in [0.1, 0.15) is 6.92 Å². The maximum Gasteiger partial charge on any atom is 0.368 e. The van der Waals surface area contributed by atoms with Crippen LogP contribution < -0.4 is 0 Å². The van der Waals surface area contributed by atoms with Gasteiger partial charge in [0.1, 0.15) is 0 Å². The van der Waals surface area contributed by atoms with Crippen molar-refractivity contribution >= 4 is 23.2 Å². The van der Waals surface area contributed by atoms with Crippen LogP contribution in [0.2, 0.25) is 0 Å². The Hall–Kier alpha value is -0.0300. The largest absolute Gasteiger partial charge is 0.368 e. The van der Waals surface area contributed by atoms with Gasteiger partial charge in [0, 0.05) is 0 Å². The minimum absolute atomic E-state index is 0.488. The molecular weight excluding hydrogens is 226 g/mol. The average Bonchev–Trinajstić information content (AvgIpc) is 1.55. The zero-order chi connectivity index (χ0) is 10.6. The molecule has 0 rings (SSSR count). The minimum atomic E-state index is -3.99. The molecule has 0 aromatic heterocycles. The molecule has 0 aliphatic carbocycles. The Balaban J connectivity index is 0. The van der Waals surface area contributed by atoms with E-state index in [0.717, 1.165) is 0 Å². The quantitative estimate of drug-likeness (QED) is 0.469. The molecule has 0 fully saturated rings. The molecule has 0 radical (unpaired) electrons. The molecule has 12 heavy (non-hydrogen) atoms. The zero-order valence-corrected chi connectivity index (χ0v) is 7.36. The molecule has 7 heteroatoms. The molecule has 0 saturated carbocycles. The molecule has 0 bridgehead atoms. The van der Waals surface area contributed by atoms with Crippen LogP contribution in [0, 0.1) is 0 Å². The van der Waals surface area contributed by atoms with E-state index < -0.39 is 16.6 Å². The summed E-state index contributed by atoms with van der Waals surface area (Å²) in [5.74, 6) is 0. The third-order valence-electron chi connectivity index (χ3n) is 0.498. The van der Waals surface area contributed by atoms with Gasteiger partial charge in [-0.15, -0.1) is 0 Å². The second-order valence-corrected chi connectivity index (χ2v) is 2.91. The molecule has 0 N–H and O–H groups in total. The summed E-state index contributed by atoms with van der Waals surface area (Å²) >= 11 is 8.63. The fourth-order valence-corrected chi connectivity index (χ4v) is 0. The lowest BCUT2D eigenvalue weighted by Crippen LogP contribution is -2.30. The summed E-state index contributed by atoms with van der Waals surface area (Å²) in [5, 5.41) is -7.15. The van der Waals surface area contributed by atoms with Crippen molar-refractivity contribution in [2.75, 3.05) is 0 Å². The number of hydrogen-bond donors (Lipinski definition) is 0. The van der Waals surface area contributed by atoms with Crippen LogP contribution in [0.25, 0.3) is 0 Å². The topological polar surface area (TPSA) is 0 Å². The van der Waals surface area contributed by atoms with Gasteiger partial charge in [0.2, 0.25) is 0 Å². The Morgan fingerprint density at radius 1 is 1.17 bits per heavy atom. The summed E-state index contributed by atoms with van der Waals surface area (Å²) < 4.78 is 55.0. The summed E-state index contributed by atoms with van der Waals surface area (Å²) in [7, 11) is 0. The van der Waals surface area contributed by atoms with E-state index in [1.165, 1.54) is 0 Å². The number of alkyl halides is 5. The minimum Gasteiger partial charge on any atom is -0.218 e. The second-order valence-electron chi connectivity index (χ2n) is 1.72. The van der Waals surface area contributed by atoms with E-state index in [2.05, 4.69) is 29.8 Å². The summed E-state index contributed by atoms with van der Waals surface area (Å²) in [6, 6.07) is 0. The van der Waals surface area contributed by atoms with Crippen molar-refractivity contribution in [2.45, 2.75) is 17.4 Å². The van der Waals surface area contributed by atoms with Gasteiger partial charge in [0.25, 0.3) is 11.2 Å². The van der Waals surface area contributed by atoms with Gasteiger partial charge >= 0.3 is 5.38 Å². The monoisotopic (exact) mass is 230 g/mol. The predicted molar refractivity (Wildman–Crippen MR) is 37.5 cm³/mol. The molecule has 0 aliphatic heterocycles. The molecule has 0 aromatic rings. The Labute approximate surface area is 75.9 Å². The molecule has 74 valence electrons. The maximum atomic E-state index is 11.8. The molecule has 0 spiro atoms. The van der Waals surface area contributed by atoms with Gasteiger partial charge < -0.3 is 0 Å². The molecular formula is C5H5Cl2F5. The van der Waals surface area contributed by atoms with E-state index in [1.807, 2.05) is 0 Å². The molecule has 1 unspecified atom stereocenters. The van der Waals surface area contributed by atoms with Crippen LogP contribution >= 0.6 is 23.2 Å². The van der Waals surface area contributed by atoms with Crippen molar-refractivity contribution in [3.05, 3.63) is 12.7 Å². The van der Waals surface area contributed by atoms with Crippen molar-refractivity contribution in [3.63, 3.8) is 0 Å². The van der Waals surface area contributed by atoms with Gasteiger partial charge in [-0.25, -0.2) is 4.39 Å². The van der Waals surface area contributed by atoms with E-state index in [4.69, 9.17) is 0 Å². The van der Waals surface area contributed by atoms with Crippen molar-refractivity contribution < 1.29 is 22.0 Å². The highest BCUT2D eigenvalue weighted by Crippen LogP contribution is 2.38. The predicted octanol–water partition coefficient (Wildman–Crippen LogP) is 4.14. The summed E-state index contributed by atoms with van der Waals surface area (Å²) in [6.45, 7) is 2.71. The molecule has 0 heterocycles. The van der Waals surface area contributed by atoms with Gasteiger partial charge in [-0.3, -0.25) is 0 Å². The molecule has 0 amide bonds. The van der Waals surface area contributed by atoms with Crippen molar-refractivity contribution in [3.8, 4) is 0 Å². The number of hydrogen-bond acceptors (Lipinski definition) is 0. The van der Waals surface area contributed by atoms with Gasteiger partial charge in [-0.1, -0.05) is 11.6 Å². The van der Waals surface area contributed by atoms with E-state index in [0.29, 0.717) is 6.92 Å². The Morgan fingerprint density at radius 2 is 1.25 bits per heavy atom. The SMILES string of the molecule is C=C(F)F.CC(F)(Cl)C(F)(F)Cl. The van der Waals surface area contributed by atoms with Gasteiger partial charge in [-0.2, -0.15) is 17.6 Å². The lowest BCUT2D eigenvalue weighted by atomic mass is 10.4. The zero-order valence-electron chi connectivity index (χ0n) is 5.85.